The summed E-state index contributed by atoms with van der Waals surface area (Å²) in [4.78, 5) is 11.4. The molecule has 0 spiro atoms. The van der Waals surface area contributed by atoms with E-state index in [-0.39, 0.29) is 6.42 Å². The highest BCUT2D eigenvalue weighted by Gasteiger charge is 2.48. The molecule has 0 aliphatic rings. The number of carbonyl (C=O) groups is 1. The van der Waals surface area contributed by atoms with Crippen molar-refractivity contribution < 1.29 is 39.6 Å². The number of nitrogens with two attached hydrogens (primary N) is 1. The van der Waals surface area contributed by atoms with E-state index < -0.39 is 63.8 Å². The van der Waals surface area contributed by atoms with Crippen LogP contribution in [0.15, 0.2) is 0 Å². The second kappa shape index (κ2) is 7.27. The van der Waals surface area contributed by atoms with Crippen LogP contribution in [0.4, 0.5) is 26.3 Å². The molecule has 0 bridgehead atoms. The number of amides is 1. The van der Waals surface area contributed by atoms with Crippen LogP contribution in [0.3, 0.4) is 0 Å². The van der Waals surface area contributed by atoms with Crippen molar-refractivity contribution >= 4 is 15.7 Å². The predicted molar refractivity (Wildman–Crippen MR) is 71.1 cm³/mol. The van der Waals surface area contributed by atoms with Crippen LogP contribution in [-0.4, -0.2) is 37.2 Å². The summed E-state index contributed by atoms with van der Waals surface area (Å²) in [5, 5.41) is 0. The molecule has 0 radical (unpaired) electrons. The minimum atomic E-state index is -4.77. The molecule has 2 N–H and O–H groups in total. The Balaban J connectivity index is 5.31. The Morgan fingerprint density at radius 3 is 1.87 bits per heavy atom. The Kier molecular flexibility index (Phi) is 6.95. The van der Waals surface area contributed by atoms with Crippen molar-refractivity contribution in [2.75, 3.05) is 5.75 Å². The monoisotopic (exact) mass is 371 g/mol. The third kappa shape index (κ3) is 6.19. The summed E-state index contributed by atoms with van der Waals surface area (Å²) in [6.45, 7) is 2.00. The number of hydrogen-bond donors (Lipinski definition) is 1. The molecule has 0 aliphatic carbocycles. The highest BCUT2D eigenvalue weighted by molar-refractivity contribution is 7.93. The van der Waals surface area contributed by atoms with Gasteiger partial charge >= 0.3 is 12.4 Å². The molecule has 0 saturated heterocycles. The molecule has 2 atom stereocenters. The number of rotatable bonds is 8. The lowest BCUT2D eigenvalue weighted by Gasteiger charge is -2.28. The molecule has 0 rings (SSSR count). The largest absolute Gasteiger partial charge is 0.391 e. The molecule has 0 fully saturated rings. The van der Waals surface area contributed by atoms with E-state index in [1.807, 2.05) is 0 Å². The zero-order valence-corrected chi connectivity index (χ0v) is 13.4. The van der Waals surface area contributed by atoms with Gasteiger partial charge in [-0.3, -0.25) is 4.79 Å². The second-order valence-electron chi connectivity index (χ2n) is 5.46. The summed E-state index contributed by atoms with van der Waals surface area (Å²) in [6, 6.07) is 0. The lowest BCUT2D eigenvalue weighted by molar-refractivity contribution is -0.177. The Labute approximate surface area is 130 Å². The normalized spacial score (nSPS) is 17.6. The van der Waals surface area contributed by atoms with Gasteiger partial charge in [0.15, 0.2) is 9.84 Å². The van der Waals surface area contributed by atoms with E-state index in [2.05, 4.69) is 0 Å². The molecule has 0 aromatic rings. The number of carbonyl (C=O) groups excluding carboxylic acids is 1. The van der Waals surface area contributed by atoms with E-state index in [4.69, 9.17) is 5.73 Å². The quantitative estimate of drug-likeness (QED) is 0.667. The Morgan fingerprint density at radius 2 is 1.57 bits per heavy atom. The number of hydrogen-bond acceptors (Lipinski definition) is 3. The molecule has 1 amide bonds. The van der Waals surface area contributed by atoms with Crippen molar-refractivity contribution in [3.63, 3.8) is 0 Å². The van der Waals surface area contributed by atoms with Crippen molar-refractivity contribution in [2.24, 2.45) is 11.7 Å². The molecule has 4 nitrogen and oxygen atoms in total. The first kappa shape index (κ1) is 22.0. The van der Waals surface area contributed by atoms with E-state index >= 15 is 0 Å². The van der Waals surface area contributed by atoms with E-state index in [9.17, 15) is 39.6 Å². The average Bonchev–Trinajstić information content (AvgIpc) is 2.34. The van der Waals surface area contributed by atoms with Crippen LogP contribution in [0.1, 0.15) is 39.5 Å². The molecule has 0 aliphatic heterocycles. The van der Waals surface area contributed by atoms with Gasteiger partial charge in [-0.05, 0) is 26.2 Å². The minimum absolute atomic E-state index is 0.346. The number of sulfone groups is 1. The lowest BCUT2D eigenvalue weighted by Crippen LogP contribution is -2.50. The van der Waals surface area contributed by atoms with Gasteiger partial charge < -0.3 is 5.73 Å². The molecule has 2 unspecified atom stereocenters. The van der Waals surface area contributed by atoms with Crippen molar-refractivity contribution in [3.8, 4) is 0 Å². The van der Waals surface area contributed by atoms with Gasteiger partial charge in [-0.1, -0.05) is 6.92 Å². The van der Waals surface area contributed by atoms with Gasteiger partial charge in [-0.2, -0.15) is 26.3 Å². The highest BCUT2D eigenvalue weighted by atomic mass is 32.2. The predicted octanol–water partition coefficient (Wildman–Crippen LogP) is 2.97. The number of halogens is 6. The summed E-state index contributed by atoms with van der Waals surface area (Å²) >= 11 is 0. The first-order valence-electron chi connectivity index (χ1n) is 6.72. The highest BCUT2D eigenvalue weighted by Crippen LogP contribution is 2.36. The molecule has 0 aromatic carbocycles. The summed E-state index contributed by atoms with van der Waals surface area (Å²) < 4.78 is 96.1. The van der Waals surface area contributed by atoms with Crippen LogP contribution in [0.2, 0.25) is 0 Å². The van der Waals surface area contributed by atoms with Gasteiger partial charge in [0, 0.05) is 0 Å². The minimum Gasteiger partial charge on any atom is -0.368 e. The Morgan fingerprint density at radius 1 is 1.09 bits per heavy atom. The Bertz CT molecular complexity index is 514. The maximum absolute atomic E-state index is 12.7. The number of alkyl halides is 6. The van der Waals surface area contributed by atoms with Crippen molar-refractivity contribution in [1.29, 1.82) is 0 Å². The van der Waals surface area contributed by atoms with Crippen LogP contribution in [-0.2, 0) is 14.6 Å². The molecular weight excluding hydrogens is 352 g/mol. The fourth-order valence-corrected chi connectivity index (χ4v) is 3.64. The third-order valence-corrected chi connectivity index (χ3v) is 6.31. The summed E-state index contributed by atoms with van der Waals surface area (Å²) in [5.74, 6) is -4.73. The fourth-order valence-electron chi connectivity index (χ4n) is 1.96. The zero-order valence-electron chi connectivity index (χ0n) is 12.6. The van der Waals surface area contributed by atoms with Crippen LogP contribution < -0.4 is 5.73 Å². The van der Waals surface area contributed by atoms with Crippen molar-refractivity contribution in [1.82, 2.24) is 0 Å². The van der Waals surface area contributed by atoms with Gasteiger partial charge in [-0.15, -0.1) is 0 Å². The summed E-state index contributed by atoms with van der Waals surface area (Å²) in [5.41, 5.74) is 4.95. The molecule has 0 heterocycles. The van der Waals surface area contributed by atoms with Crippen LogP contribution in [0, 0.1) is 5.92 Å². The number of primary amides is 1. The molecule has 138 valence electrons. The van der Waals surface area contributed by atoms with Crippen LogP contribution in [0.25, 0.3) is 0 Å². The van der Waals surface area contributed by atoms with E-state index in [0.29, 0.717) is 0 Å². The lowest BCUT2D eigenvalue weighted by atomic mass is 9.93. The molecule has 0 aromatic heterocycles. The van der Waals surface area contributed by atoms with Gasteiger partial charge in [0.1, 0.15) is 4.75 Å². The van der Waals surface area contributed by atoms with Gasteiger partial charge in [0.2, 0.25) is 5.91 Å². The van der Waals surface area contributed by atoms with Gasteiger partial charge in [0.25, 0.3) is 0 Å². The van der Waals surface area contributed by atoms with Gasteiger partial charge in [-0.25, -0.2) is 8.42 Å². The fraction of sp³-hybridized carbons (Fsp3) is 0.917. The topological polar surface area (TPSA) is 77.2 Å². The van der Waals surface area contributed by atoms with Crippen molar-refractivity contribution in [2.45, 2.75) is 56.6 Å². The van der Waals surface area contributed by atoms with E-state index in [1.165, 1.54) is 6.92 Å². The second-order valence-corrected chi connectivity index (χ2v) is 8.00. The first-order valence-corrected chi connectivity index (χ1v) is 8.37. The average molecular weight is 371 g/mol. The van der Waals surface area contributed by atoms with Gasteiger partial charge in [0.05, 0.1) is 18.1 Å². The molecule has 0 saturated carbocycles. The smallest absolute Gasteiger partial charge is 0.368 e. The summed E-state index contributed by atoms with van der Waals surface area (Å²) in [7, 11) is -4.67. The molecule has 23 heavy (non-hydrogen) atoms. The summed E-state index contributed by atoms with van der Waals surface area (Å²) in [6.07, 6.45) is -12.9. The van der Waals surface area contributed by atoms with Crippen molar-refractivity contribution in [3.05, 3.63) is 0 Å². The third-order valence-electron chi connectivity index (χ3n) is 3.79. The van der Waals surface area contributed by atoms with Crippen LogP contribution in [0.5, 0.6) is 0 Å². The van der Waals surface area contributed by atoms with E-state index in [0.717, 1.165) is 6.92 Å². The standard InChI is InChI=1S/C12H19F6NO3S/c1-3-8(12(16,17)18)4-5-10(2,9(19)20)23(21,22)7-6-11(13,14)15/h8H,3-7H2,1-2H3,(H2,19,20). The zero-order chi connectivity index (χ0) is 18.7. The van der Waals surface area contributed by atoms with E-state index in [1.54, 1.807) is 0 Å². The molecule has 11 heteroatoms. The van der Waals surface area contributed by atoms with Crippen LogP contribution >= 0.6 is 0 Å². The Hall–Kier alpha value is -1.00. The molecular formula is C12H19F6NO3S. The maximum atomic E-state index is 12.7. The SMILES string of the molecule is CCC(CCC(C)(C(N)=O)S(=O)(=O)CCC(F)(F)F)C(F)(F)F. The first-order chi connectivity index (χ1) is 10.1. The maximum Gasteiger partial charge on any atom is 0.391 e.